The summed E-state index contributed by atoms with van der Waals surface area (Å²) < 4.78 is 5.24. The van der Waals surface area contributed by atoms with Crippen molar-refractivity contribution in [2.24, 2.45) is 0 Å². The minimum atomic E-state index is -0.218. The quantitative estimate of drug-likeness (QED) is 0.889. The Morgan fingerprint density at radius 1 is 1.24 bits per heavy atom. The van der Waals surface area contributed by atoms with Crippen LogP contribution in [0.5, 0.6) is 0 Å². The summed E-state index contributed by atoms with van der Waals surface area (Å²) in [5.41, 5.74) is 2.49. The lowest BCUT2D eigenvalue weighted by molar-refractivity contribution is 0.0316. The third kappa shape index (κ3) is 2.91. The van der Waals surface area contributed by atoms with Gasteiger partial charge < -0.3 is 14.5 Å². The molecule has 25 heavy (non-hydrogen) atoms. The molecule has 4 rings (SSSR count). The van der Waals surface area contributed by atoms with Crippen LogP contribution in [-0.4, -0.2) is 69.3 Å². The van der Waals surface area contributed by atoms with Crippen LogP contribution in [0.2, 0.25) is 0 Å². The first-order valence-corrected chi connectivity index (χ1v) is 8.99. The van der Waals surface area contributed by atoms with E-state index in [0.717, 1.165) is 38.0 Å². The predicted molar refractivity (Wildman–Crippen MR) is 92.4 cm³/mol. The summed E-state index contributed by atoms with van der Waals surface area (Å²) in [7, 11) is 0. The summed E-state index contributed by atoms with van der Waals surface area (Å²) in [5, 5.41) is 14.8. The van der Waals surface area contributed by atoms with Gasteiger partial charge in [-0.2, -0.15) is 0 Å². The maximum atomic E-state index is 13.1. The van der Waals surface area contributed by atoms with Crippen molar-refractivity contribution in [3.63, 3.8) is 0 Å². The van der Waals surface area contributed by atoms with Gasteiger partial charge in [-0.25, -0.2) is 4.98 Å². The standard InChI is InChI=1S/C18H24N4O3/c1-11-10-13(16-12(2)20-25-17(16)19-11)18(24)22-8-6-21(7-9-22)14-4-3-5-15(14)23/h10,14-15,23H,3-9H2,1-2H3/t14-,15+/m0/s1. The van der Waals surface area contributed by atoms with Gasteiger partial charge in [-0.15, -0.1) is 0 Å². The van der Waals surface area contributed by atoms with E-state index in [1.54, 1.807) is 0 Å². The molecule has 1 saturated carbocycles. The van der Waals surface area contributed by atoms with Gasteiger partial charge in [0.1, 0.15) is 0 Å². The largest absolute Gasteiger partial charge is 0.391 e. The number of hydrogen-bond donors (Lipinski definition) is 1. The van der Waals surface area contributed by atoms with Crippen molar-refractivity contribution in [1.29, 1.82) is 0 Å². The fourth-order valence-electron chi connectivity index (χ4n) is 4.16. The lowest BCUT2D eigenvalue weighted by atomic mass is 10.1. The molecule has 134 valence electrons. The molecule has 0 aromatic carbocycles. The average Bonchev–Trinajstić information content (AvgIpc) is 3.20. The summed E-state index contributed by atoms with van der Waals surface area (Å²) >= 11 is 0. The lowest BCUT2D eigenvalue weighted by Crippen LogP contribution is -2.53. The Kier molecular flexibility index (Phi) is 4.21. The van der Waals surface area contributed by atoms with Crippen LogP contribution < -0.4 is 0 Å². The molecule has 1 aliphatic heterocycles. The van der Waals surface area contributed by atoms with E-state index < -0.39 is 0 Å². The van der Waals surface area contributed by atoms with Gasteiger partial charge >= 0.3 is 0 Å². The summed E-state index contributed by atoms with van der Waals surface area (Å²) in [6.07, 6.45) is 2.82. The first-order chi connectivity index (χ1) is 12.0. The second-order valence-electron chi connectivity index (χ2n) is 7.15. The van der Waals surface area contributed by atoms with Crippen molar-refractivity contribution in [1.82, 2.24) is 19.9 Å². The molecule has 2 atom stereocenters. The van der Waals surface area contributed by atoms with Gasteiger partial charge in [0.15, 0.2) is 0 Å². The van der Waals surface area contributed by atoms with Crippen LogP contribution in [-0.2, 0) is 0 Å². The number of carbonyl (C=O) groups excluding carboxylic acids is 1. The van der Waals surface area contributed by atoms with Crippen LogP contribution in [0, 0.1) is 13.8 Å². The molecule has 1 saturated heterocycles. The summed E-state index contributed by atoms with van der Waals surface area (Å²) in [5.74, 6) is 0.00780. The smallest absolute Gasteiger partial charge is 0.258 e. The highest BCUT2D eigenvalue weighted by Crippen LogP contribution is 2.27. The van der Waals surface area contributed by atoms with E-state index in [9.17, 15) is 9.90 Å². The Balaban J connectivity index is 1.52. The molecular weight excluding hydrogens is 320 g/mol. The van der Waals surface area contributed by atoms with E-state index >= 15 is 0 Å². The summed E-state index contributed by atoms with van der Waals surface area (Å²) in [6, 6.07) is 2.08. The highest BCUT2D eigenvalue weighted by Gasteiger charge is 2.34. The second-order valence-corrected chi connectivity index (χ2v) is 7.15. The van der Waals surface area contributed by atoms with E-state index in [1.165, 1.54) is 0 Å². The molecule has 0 radical (unpaired) electrons. The van der Waals surface area contributed by atoms with Crippen LogP contribution in [0.3, 0.4) is 0 Å². The number of carbonyl (C=O) groups is 1. The number of aryl methyl sites for hydroxylation is 2. The summed E-state index contributed by atoms with van der Waals surface area (Å²) in [4.78, 5) is 21.6. The first kappa shape index (κ1) is 16.5. The van der Waals surface area contributed by atoms with E-state index in [1.807, 2.05) is 24.8 Å². The van der Waals surface area contributed by atoms with Crippen LogP contribution in [0.25, 0.3) is 11.1 Å². The van der Waals surface area contributed by atoms with Gasteiger partial charge in [0.2, 0.25) is 0 Å². The van der Waals surface area contributed by atoms with Gasteiger partial charge in [-0.1, -0.05) is 5.16 Å². The molecule has 2 aromatic heterocycles. The number of hydrogen-bond acceptors (Lipinski definition) is 6. The van der Waals surface area contributed by atoms with Crippen molar-refractivity contribution >= 4 is 17.0 Å². The molecule has 7 nitrogen and oxygen atoms in total. The molecule has 0 bridgehead atoms. The minimum Gasteiger partial charge on any atom is -0.391 e. The molecule has 1 N–H and O–H groups in total. The van der Waals surface area contributed by atoms with Gasteiger partial charge in [0.25, 0.3) is 11.6 Å². The average molecular weight is 344 g/mol. The van der Waals surface area contributed by atoms with E-state index in [-0.39, 0.29) is 18.1 Å². The maximum absolute atomic E-state index is 13.1. The zero-order valence-corrected chi connectivity index (χ0v) is 14.7. The lowest BCUT2D eigenvalue weighted by Gasteiger charge is -2.39. The number of aromatic nitrogens is 2. The molecule has 1 aliphatic carbocycles. The molecule has 0 spiro atoms. The fraction of sp³-hybridized carbons (Fsp3) is 0.611. The molecular formula is C18H24N4O3. The Morgan fingerprint density at radius 3 is 2.68 bits per heavy atom. The van der Waals surface area contributed by atoms with Crippen molar-refractivity contribution in [2.75, 3.05) is 26.2 Å². The fourth-order valence-corrected chi connectivity index (χ4v) is 4.16. The highest BCUT2D eigenvalue weighted by atomic mass is 16.5. The number of aliphatic hydroxyl groups excluding tert-OH is 1. The molecule has 1 amide bonds. The zero-order chi connectivity index (χ0) is 17.6. The van der Waals surface area contributed by atoms with Crippen LogP contribution in [0.15, 0.2) is 10.6 Å². The van der Waals surface area contributed by atoms with Crippen LogP contribution in [0.4, 0.5) is 0 Å². The molecule has 3 heterocycles. The summed E-state index contributed by atoms with van der Waals surface area (Å²) in [6.45, 7) is 6.66. The maximum Gasteiger partial charge on any atom is 0.258 e. The number of pyridine rings is 1. The van der Waals surface area contributed by atoms with Crippen molar-refractivity contribution in [3.8, 4) is 0 Å². The Hall–Kier alpha value is -1.99. The number of nitrogens with zero attached hydrogens (tertiary/aromatic N) is 4. The molecule has 2 aliphatic rings. The number of amides is 1. The minimum absolute atomic E-state index is 0.00780. The van der Waals surface area contributed by atoms with E-state index in [0.29, 0.717) is 35.4 Å². The Morgan fingerprint density at radius 2 is 2.00 bits per heavy atom. The number of rotatable bonds is 2. The van der Waals surface area contributed by atoms with Crippen LogP contribution >= 0.6 is 0 Å². The number of piperazine rings is 1. The van der Waals surface area contributed by atoms with Gasteiger partial charge in [0.05, 0.1) is 22.7 Å². The normalized spacial score (nSPS) is 25.0. The van der Waals surface area contributed by atoms with Crippen molar-refractivity contribution in [2.45, 2.75) is 45.3 Å². The monoisotopic (exact) mass is 344 g/mol. The number of aliphatic hydroxyl groups is 1. The molecule has 2 aromatic rings. The van der Waals surface area contributed by atoms with E-state index in [2.05, 4.69) is 15.0 Å². The Labute approximate surface area is 146 Å². The molecule has 7 heteroatoms. The third-order valence-corrected chi connectivity index (χ3v) is 5.49. The van der Waals surface area contributed by atoms with Gasteiger partial charge in [-0.3, -0.25) is 9.69 Å². The highest BCUT2D eigenvalue weighted by molar-refractivity contribution is 6.06. The number of fused-ring (bicyclic) bond motifs is 1. The third-order valence-electron chi connectivity index (χ3n) is 5.49. The van der Waals surface area contributed by atoms with E-state index in [4.69, 9.17) is 4.52 Å². The Bertz CT molecular complexity index is 795. The zero-order valence-electron chi connectivity index (χ0n) is 14.7. The molecule has 0 unspecified atom stereocenters. The van der Waals surface area contributed by atoms with Crippen molar-refractivity contribution in [3.05, 3.63) is 23.0 Å². The second kappa shape index (κ2) is 6.38. The topological polar surface area (TPSA) is 82.7 Å². The molecule has 2 fully saturated rings. The first-order valence-electron chi connectivity index (χ1n) is 8.99. The van der Waals surface area contributed by atoms with Gasteiger partial charge in [-0.05, 0) is 39.2 Å². The van der Waals surface area contributed by atoms with Crippen molar-refractivity contribution < 1.29 is 14.4 Å². The SMILES string of the molecule is Cc1cc(C(=O)N2CCN([C@H]3CCC[C@H]3O)CC2)c2c(C)noc2n1. The van der Waals surface area contributed by atoms with Gasteiger partial charge in [0, 0.05) is 37.9 Å². The van der Waals surface area contributed by atoms with Crippen LogP contribution in [0.1, 0.15) is 41.0 Å². The predicted octanol–water partition coefficient (Wildman–Crippen LogP) is 1.51.